The quantitative estimate of drug-likeness (QED) is 0.479. The summed E-state index contributed by atoms with van der Waals surface area (Å²) in [5.41, 5.74) is 0.837. The fraction of sp³-hybridized carbons (Fsp3) is 0.762. The van der Waals surface area contributed by atoms with Crippen molar-refractivity contribution in [3.8, 4) is 0 Å². The van der Waals surface area contributed by atoms with Crippen LogP contribution in [-0.4, -0.2) is 19.2 Å². The SMILES string of the molecule is CCCCC(CC)CS(=O)(=O)c1nc2c(C(C)(C)C)sc(C(C)(C)C)c2s1. The second kappa shape index (κ2) is 8.11. The van der Waals surface area contributed by atoms with Gasteiger partial charge in [0.05, 0.1) is 16.0 Å². The molecular weight excluding hydrogens is 394 g/mol. The van der Waals surface area contributed by atoms with Gasteiger partial charge in [0, 0.05) is 9.75 Å². The second-order valence-corrected chi connectivity index (χ2v) is 13.8. The first kappa shape index (κ1) is 22.8. The highest BCUT2D eigenvalue weighted by Crippen LogP contribution is 2.46. The Morgan fingerprint density at radius 1 is 0.963 bits per heavy atom. The van der Waals surface area contributed by atoms with Crippen LogP contribution in [0.25, 0.3) is 10.2 Å². The molecule has 0 spiro atoms. The summed E-state index contributed by atoms with van der Waals surface area (Å²) in [4.78, 5) is 7.14. The van der Waals surface area contributed by atoms with Crippen LogP contribution in [0.4, 0.5) is 0 Å². The monoisotopic (exact) mass is 429 g/mol. The minimum atomic E-state index is -3.35. The summed E-state index contributed by atoms with van der Waals surface area (Å²) >= 11 is 3.18. The lowest BCUT2D eigenvalue weighted by Crippen LogP contribution is -2.16. The number of nitrogens with zero attached hydrogens (tertiary/aromatic N) is 1. The van der Waals surface area contributed by atoms with Gasteiger partial charge in [0.2, 0.25) is 14.2 Å². The molecule has 0 fully saturated rings. The van der Waals surface area contributed by atoms with Crippen LogP contribution in [-0.2, 0) is 20.7 Å². The normalized spacial score (nSPS) is 14.8. The summed E-state index contributed by atoms with van der Waals surface area (Å²) in [5, 5.41) is 0. The van der Waals surface area contributed by atoms with Crippen LogP contribution in [0.3, 0.4) is 0 Å². The molecule has 27 heavy (non-hydrogen) atoms. The third-order valence-electron chi connectivity index (χ3n) is 4.86. The molecule has 154 valence electrons. The van der Waals surface area contributed by atoms with E-state index in [4.69, 9.17) is 4.98 Å². The van der Waals surface area contributed by atoms with Gasteiger partial charge in [-0.15, -0.1) is 22.7 Å². The smallest absolute Gasteiger partial charge is 0.210 e. The molecule has 0 aliphatic carbocycles. The van der Waals surface area contributed by atoms with Crippen molar-refractivity contribution >= 4 is 42.7 Å². The lowest BCUT2D eigenvalue weighted by atomic mass is 9.92. The van der Waals surface area contributed by atoms with E-state index in [1.165, 1.54) is 21.1 Å². The highest BCUT2D eigenvalue weighted by molar-refractivity contribution is 7.93. The van der Waals surface area contributed by atoms with Gasteiger partial charge < -0.3 is 0 Å². The zero-order valence-corrected chi connectivity index (χ0v) is 20.6. The molecule has 0 N–H and O–H groups in total. The van der Waals surface area contributed by atoms with Gasteiger partial charge in [-0.1, -0.05) is 74.7 Å². The molecule has 0 saturated carbocycles. The Morgan fingerprint density at radius 2 is 1.56 bits per heavy atom. The maximum Gasteiger partial charge on any atom is 0.210 e. The first-order valence-electron chi connectivity index (χ1n) is 9.98. The van der Waals surface area contributed by atoms with Crippen LogP contribution in [0.2, 0.25) is 0 Å². The molecule has 2 aromatic heterocycles. The van der Waals surface area contributed by atoms with Crippen LogP contribution < -0.4 is 0 Å². The van der Waals surface area contributed by atoms with Gasteiger partial charge in [0.25, 0.3) is 0 Å². The van der Waals surface area contributed by atoms with E-state index in [2.05, 4.69) is 55.4 Å². The van der Waals surface area contributed by atoms with Crippen molar-refractivity contribution in [2.75, 3.05) is 5.75 Å². The summed E-state index contributed by atoms with van der Waals surface area (Å²) in [7, 11) is -3.35. The first-order chi connectivity index (χ1) is 12.3. The third-order valence-corrected chi connectivity index (χ3v) is 10.4. The molecule has 0 saturated heterocycles. The molecule has 1 unspecified atom stereocenters. The first-order valence-corrected chi connectivity index (χ1v) is 13.3. The maximum absolute atomic E-state index is 13.1. The molecule has 2 aromatic rings. The topological polar surface area (TPSA) is 47.0 Å². The predicted octanol–water partition coefficient (Wildman–Crippen LogP) is 6.94. The Hall–Kier alpha value is -0.460. The van der Waals surface area contributed by atoms with Crippen LogP contribution in [0.5, 0.6) is 0 Å². The number of sulfone groups is 1. The van der Waals surface area contributed by atoms with Gasteiger partial charge in [-0.2, -0.15) is 0 Å². The fourth-order valence-electron chi connectivity index (χ4n) is 3.22. The highest BCUT2D eigenvalue weighted by atomic mass is 32.2. The van der Waals surface area contributed by atoms with Crippen molar-refractivity contribution in [1.29, 1.82) is 0 Å². The maximum atomic E-state index is 13.1. The van der Waals surface area contributed by atoms with E-state index in [1.54, 1.807) is 11.3 Å². The van der Waals surface area contributed by atoms with E-state index >= 15 is 0 Å². The number of thiophene rings is 1. The van der Waals surface area contributed by atoms with Gasteiger partial charge in [0.15, 0.2) is 0 Å². The van der Waals surface area contributed by atoms with Crippen LogP contribution >= 0.6 is 22.7 Å². The average molecular weight is 430 g/mol. The number of hydrogen-bond donors (Lipinski definition) is 0. The number of rotatable bonds is 7. The van der Waals surface area contributed by atoms with Crippen LogP contribution in [0.15, 0.2) is 4.34 Å². The van der Waals surface area contributed by atoms with Gasteiger partial charge in [-0.05, 0) is 23.2 Å². The number of hydrogen-bond acceptors (Lipinski definition) is 5. The molecule has 0 amide bonds. The summed E-state index contributed by atoms with van der Waals surface area (Å²) in [6.07, 6.45) is 4.07. The minimum Gasteiger partial charge on any atom is -0.224 e. The van der Waals surface area contributed by atoms with E-state index in [0.29, 0.717) is 4.34 Å². The van der Waals surface area contributed by atoms with Crippen LogP contribution in [0, 0.1) is 5.92 Å². The Kier molecular flexibility index (Phi) is 6.86. The van der Waals surface area contributed by atoms with E-state index in [9.17, 15) is 8.42 Å². The van der Waals surface area contributed by atoms with Crippen molar-refractivity contribution in [2.24, 2.45) is 5.92 Å². The molecule has 2 heterocycles. The number of aromatic nitrogens is 1. The van der Waals surface area contributed by atoms with Crippen molar-refractivity contribution in [1.82, 2.24) is 4.98 Å². The Balaban J connectivity index is 2.52. The molecule has 6 heteroatoms. The lowest BCUT2D eigenvalue weighted by molar-refractivity contribution is 0.483. The molecule has 0 aromatic carbocycles. The molecule has 1 atom stereocenters. The van der Waals surface area contributed by atoms with E-state index in [0.717, 1.165) is 35.9 Å². The standard InChI is InChI=1S/C21H35NO2S3/c1-9-11-12-14(10-2)13-27(23,24)19-22-15-16(25-19)18(21(6,7)8)26-17(15)20(3,4)5/h14H,9-13H2,1-8H3. The van der Waals surface area contributed by atoms with Gasteiger partial charge >= 0.3 is 0 Å². The summed E-state index contributed by atoms with van der Waals surface area (Å²) in [5.74, 6) is 0.443. The number of unbranched alkanes of at least 4 members (excludes halogenated alkanes) is 1. The van der Waals surface area contributed by atoms with Crippen molar-refractivity contribution < 1.29 is 8.42 Å². The van der Waals surface area contributed by atoms with Gasteiger partial charge in [0.1, 0.15) is 0 Å². The lowest BCUT2D eigenvalue weighted by Gasteiger charge is -2.18. The zero-order valence-electron chi connectivity index (χ0n) is 18.1. The molecular formula is C21H35NO2S3. The van der Waals surface area contributed by atoms with E-state index < -0.39 is 9.84 Å². The molecule has 3 nitrogen and oxygen atoms in total. The Morgan fingerprint density at radius 3 is 2.04 bits per heavy atom. The van der Waals surface area contributed by atoms with Crippen molar-refractivity contribution in [2.45, 2.75) is 96.2 Å². The fourth-order valence-corrected chi connectivity index (χ4v) is 8.10. The molecule has 0 radical (unpaired) electrons. The zero-order chi connectivity index (χ0) is 20.6. The molecule has 0 aliphatic heterocycles. The summed E-state index contributed by atoms with van der Waals surface area (Å²) in [6, 6.07) is 0. The second-order valence-electron chi connectivity index (χ2n) is 9.62. The molecule has 2 rings (SSSR count). The van der Waals surface area contributed by atoms with E-state index in [1.807, 2.05) is 0 Å². The number of fused-ring (bicyclic) bond motifs is 1. The average Bonchev–Trinajstić information content (AvgIpc) is 3.08. The van der Waals surface area contributed by atoms with E-state index in [-0.39, 0.29) is 22.5 Å². The molecule has 0 aliphatic rings. The summed E-state index contributed by atoms with van der Waals surface area (Å²) in [6.45, 7) is 17.3. The number of thiazole rings is 1. The van der Waals surface area contributed by atoms with Crippen molar-refractivity contribution in [3.63, 3.8) is 0 Å². The Labute approximate surface area is 173 Å². The predicted molar refractivity (Wildman–Crippen MR) is 120 cm³/mol. The third kappa shape index (κ3) is 5.13. The summed E-state index contributed by atoms with van der Waals surface area (Å²) < 4.78 is 27.6. The van der Waals surface area contributed by atoms with Crippen LogP contribution in [0.1, 0.15) is 90.8 Å². The Bertz CT molecular complexity index is 831. The highest BCUT2D eigenvalue weighted by Gasteiger charge is 2.32. The minimum absolute atomic E-state index is 0.0208. The van der Waals surface area contributed by atoms with Gasteiger partial charge in [-0.3, -0.25) is 0 Å². The van der Waals surface area contributed by atoms with Crippen molar-refractivity contribution in [3.05, 3.63) is 9.75 Å². The van der Waals surface area contributed by atoms with Gasteiger partial charge in [-0.25, -0.2) is 13.4 Å². The largest absolute Gasteiger partial charge is 0.224 e. The molecule has 0 bridgehead atoms.